The summed E-state index contributed by atoms with van der Waals surface area (Å²) in [6, 6.07) is 8.13. The van der Waals surface area contributed by atoms with Crippen LogP contribution in [0.25, 0.3) is 0 Å². The van der Waals surface area contributed by atoms with Crippen molar-refractivity contribution < 1.29 is 4.79 Å². The molecule has 1 amide bonds. The third kappa shape index (κ3) is 3.01. The number of hydrogen-bond acceptors (Lipinski definition) is 2. The highest BCUT2D eigenvalue weighted by Crippen LogP contribution is 2.30. The van der Waals surface area contributed by atoms with E-state index in [1.54, 1.807) is 30.3 Å². The number of nitrogens with two attached hydrogens (primary N) is 1. The van der Waals surface area contributed by atoms with Crippen molar-refractivity contribution in [1.82, 2.24) is 0 Å². The molecule has 0 aliphatic rings. The molecule has 3 N–H and O–H groups in total. The van der Waals surface area contributed by atoms with Crippen molar-refractivity contribution in [3.8, 4) is 0 Å². The van der Waals surface area contributed by atoms with Gasteiger partial charge in [0.2, 0.25) is 0 Å². The second-order valence-electron chi connectivity index (χ2n) is 4.24. The first-order valence-corrected chi connectivity index (χ1v) is 6.84. The number of carbonyl (C=O) groups excluding carboxylic acids is 1. The number of nitrogens with one attached hydrogen (secondary N) is 1. The average Bonchev–Trinajstić information content (AvgIpc) is 2.35. The number of halogens is 3. The fourth-order valence-electron chi connectivity index (χ4n) is 1.71. The fraction of sp³-hybridized carbons (Fsp3) is 0.0714. The van der Waals surface area contributed by atoms with Crippen LogP contribution in [0.2, 0.25) is 15.1 Å². The lowest BCUT2D eigenvalue weighted by Crippen LogP contribution is -2.15. The summed E-state index contributed by atoms with van der Waals surface area (Å²) in [5.74, 6) is -0.435. The van der Waals surface area contributed by atoms with Crippen LogP contribution in [0.1, 0.15) is 15.9 Å². The van der Waals surface area contributed by atoms with E-state index < -0.39 is 5.91 Å². The maximum absolute atomic E-state index is 12.2. The van der Waals surface area contributed by atoms with Crippen LogP contribution in [0.5, 0.6) is 0 Å². The molecule has 0 fully saturated rings. The first-order chi connectivity index (χ1) is 9.40. The zero-order valence-corrected chi connectivity index (χ0v) is 12.8. The molecule has 0 saturated heterocycles. The number of hydrogen-bond donors (Lipinski definition) is 2. The molecule has 0 aliphatic carbocycles. The summed E-state index contributed by atoms with van der Waals surface area (Å²) < 4.78 is 0. The number of rotatable bonds is 2. The molecule has 2 rings (SSSR count). The van der Waals surface area contributed by atoms with E-state index in [9.17, 15) is 4.79 Å². The zero-order chi connectivity index (χ0) is 14.9. The molecule has 0 atom stereocenters. The Balaban J connectivity index is 2.35. The van der Waals surface area contributed by atoms with Gasteiger partial charge in [0.25, 0.3) is 5.91 Å². The maximum Gasteiger partial charge on any atom is 0.259 e. The van der Waals surface area contributed by atoms with Crippen molar-refractivity contribution in [2.75, 3.05) is 11.1 Å². The van der Waals surface area contributed by atoms with Crippen LogP contribution in [-0.2, 0) is 0 Å². The molecule has 0 aromatic heterocycles. The van der Waals surface area contributed by atoms with Gasteiger partial charge in [-0.3, -0.25) is 4.79 Å². The fourth-order valence-corrected chi connectivity index (χ4v) is 2.40. The topological polar surface area (TPSA) is 55.1 Å². The molecule has 0 heterocycles. The summed E-state index contributed by atoms with van der Waals surface area (Å²) in [6.07, 6.45) is 0. The second-order valence-corrected chi connectivity index (χ2v) is 5.46. The van der Waals surface area contributed by atoms with Gasteiger partial charge in [-0.25, -0.2) is 0 Å². The lowest BCUT2D eigenvalue weighted by Gasteiger charge is -2.11. The van der Waals surface area contributed by atoms with Crippen molar-refractivity contribution in [1.29, 1.82) is 0 Å². The molecule has 0 radical (unpaired) electrons. The molecule has 104 valence electrons. The third-order valence-electron chi connectivity index (χ3n) is 2.77. The monoisotopic (exact) mass is 328 g/mol. The molecule has 6 heteroatoms. The van der Waals surface area contributed by atoms with Gasteiger partial charge >= 0.3 is 0 Å². The van der Waals surface area contributed by atoms with Gasteiger partial charge in [0.1, 0.15) is 0 Å². The van der Waals surface area contributed by atoms with Gasteiger partial charge in [-0.2, -0.15) is 0 Å². The number of amides is 1. The van der Waals surface area contributed by atoms with Crippen molar-refractivity contribution >= 4 is 52.1 Å². The van der Waals surface area contributed by atoms with Gasteiger partial charge in [0.05, 0.1) is 21.3 Å². The molecule has 0 saturated carbocycles. The smallest absolute Gasteiger partial charge is 0.259 e. The average molecular weight is 330 g/mol. The number of carbonyl (C=O) groups is 1. The Kier molecular flexibility index (Phi) is 4.43. The van der Waals surface area contributed by atoms with Crippen LogP contribution in [0, 0.1) is 6.92 Å². The highest BCUT2D eigenvalue weighted by Gasteiger charge is 2.15. The normalized spacial score (nSPS) is 10.4. The van der Waals surface area contributed by atoms with E-state index in [2.05, 4.69) is 5.32 Å². The molecule has 0 bridgehead atoms. The highest BCUT2D eigenvalue weighted by atomic mass is 35.5. The van der Waals surface area contributed by atoms with E-state index in [1.807, 2.05) is 6.92 Å². The number of anilines is 2. The molecular formula is C14H11Cl3N2O. The van der Waals surface area contributed by atoms with E-state index in [1.165, 1.54) is 0 Å². The molecule has 3 nitrogen and oxygen atoms in total. The van der Waals surface area contributed by atoms with Crippen LogP contribution < -0.4 is 11.1 Å². The van der Waals surface area contributed by atoms with Crippen LogP contribution in [0.4, 0.5) is 11.4 Å². The van der Waals surface area contributed by atoms with Crippen molar-refractivity contribution in [2.45, 2.75) is 6.92 Å². The molecule has 0 unspecified atom stereocenters. The first-order valence-electron chi connectivity index (χ1n) is 5.71. The molecule has 0 spiro atoms. The SMILES string of the molecule is Cc1cc(Cl)c(NC(=O)c2c(N)cccc2Cl)cc1Cl. The Morgan fingerprint density at radius 2 is 1.80 bits per heavy atom. The van der Waals surface area contributed by atoms with Crippen LogP contribution in [-0.4, -0.2) is 5.91 Å². The van der Waals surface area contributed by atoms with Crippen LogP contribution in [0.15, 0.2) is 30.3 Å². The second kappa shape index (κ2) is 5.92. The first kappa shape index (κ1) is 15.0. The highest BCUT2D eigenvalue weighted by molar-refractivity contribution is 6.37. The zero-order valence-electron chi connectivity index (χ0n) is 10.5. The Morgan fingerprint density at radius 3 is 2.45 bits per heavy atom. The Morgan fingerprint density at radius 1 is 1.10 bits per heavy atom. The van der Waals surface area contributed by atoms with Crippen molar-refractivity contribution in [3.63, 3.8) is 0 Å². The van der Waals surface area contributed by atoms with Crippen LogP contribution in [0.3, 0.4) is 0 Å². The van der Waals surface area contributed by atoms with E-state index in [4.69, 9.17) is 40.5 Å². The largest absolute Gasteiger partial charge is 0.398 e. The van der Waals surface area contributed by atoms with E-state index >= 15 is 0 Å². The molecule has 2 aromatic carbocycles. The molecule has 20 heavy (non-hydrogen) atoms. The van der Waals surface area contributed by atoms with Gasteiger partial charge < -0.3 is 11.1 Å². The van der Waals surface area contributed by atoms with E-state index in [-0.39, 0.29) is 10.6 Å². The predicted octanol–water partition coefficient (Wildman–Crippen LogP) is 4.79. The lowest BCUT2D eigenvalue weighted by atomic mass is 10.1. The van der Waals surface area contributed by atoms with Gasteiger partial charge in [0.15, 0.2) is 0 Å². The number of aryl methyl sites for hydroxylation is 1. The van der Waals surface area contributed by atoms with Crippen LogP contribution >= 0.6 is 34.8 Å². The minimum absolute atomic E-state index is 0.210. The van der Waals surface area contributed by atoms with E-state index in [0.29, 0.717) is 21.4 Å². The summed E-state index contributed by atoms with van der Waals surface area (Å²) >= 11 is 18.1. The Labute approximate surface area is 131 Å². The molecule has 0 aliphatic heterocycles. The minimum Gasteiger partial charge on any atom is -0.398 e. The number of benzene rings is 2. The quantitative estimate of drug-likeness (QED) is 0.778. The summed E-state index contributed by atoms with van der Waals surface area (Å²) in [5, 5.41) is 3.84. The minimum atomic E-state index is -0.435. The lowest BCUT2D eigenvalue weighted by molar-refractivity contribution is 0.102. The Bertz CT molecular complexity index is 666. The van der Waals surface area contributed by atoms with Crippen molar-refractivity contribution in [2.24, 2.45) is 0 Å². The van der Waals surface area contributed by atoms with Gasteiger partial charge in [-0.05, 0) is 36.8 Å². The van der Waals surface area contributed by atoms with Gasteiger partial charge in [-0.1, -0.05) is 40.9 Å². The Hall–Kier alpha value is -1.42. The predicted molar refractivity (Wildman–Crippen MR) is 85.0 cm³/mol. The number of nitrogen functional groups attached to an aromatic ring is 1. The van der Waals surface area contributed by atoms with Gasteiger partial charge in [-0.15, -0.1) is 0 Å². The maximum atomic E-state index is 12.2. The molecule has 2 aromatic rings. The standard InChI is InChI=1S/C14H11Cl3N2O/c1-7-5-10(17)12(6-9(7)16)19-14(20)13-8(15)3-2-4-11(13)18/h2-6H,18H2,1H3,(H,19,20). The van der Waals surface area contributed by atoms with Crippen molar-refractivity contribution in [3.05, 3.63) is 56.5 Å². The summed E-state index contributed by atoms with van der Waals surface area (Å²) in [5.41, 5.74) is 7.50. The molecular weight excluding hydrogens is 319 g/mol. The summed E-state index contributed by atoms with van der Waals surface area (Å²) in [4.78, 5) is 12.2. The van der Waals surface area contributed by atoms with E-state index in [0.717, 1.165) is 5.56 Å². The third-order valence-corrected chi connectivity index (χ3v) is 3.80. The summed E-state index contributed by atoms with van der Waals surface area (Å²) in [6.45, 7) is 1.83. The van der Waals surface area contributed by atoms with Gasteiger partial charge in [0, 0.05) is 10.7 Å². The summed E-state index contributed by atoms with van der Waals surface area (Å²) in [7, 11) is 0.